The molecule has 0 aliphatic carbocycles. The van der Waals surface area contributed by atoms with Gasteiger partial charge in [-0.15, -0.1) is 0 Å². The normalized spacial score (nSPS) is 15.0. The van der Waals surface area contributed by atoms with E-state index in [2.05, 4.69) is 10.6 Å². The van der Waals surface area contributed by atoms with Gasteiger partial charge in [0, 0.05) is 24.2 Å². The van der Waals surface area contributed by atoms with Gasteiger partial charge in [0.15, 0.2) is 0 Å². The molecule has 8 heteroatoms. The second kappa shape index (κ2) is 8.80. The van der Waals surface area contributed by atoms with Crippen molar-refractivity contribution < 1.29 is 18.0 Å². The van der Waals surface area contributed by atoms with Gasteiger partial charge in [0.25, 0.3) is 11.8 Å². The SMILES string of the molecule is Cc1ccc(C(=O)Nc2ccccc2C(=O)NC(C)(C)C)cc1S(=O)(=O)N1CCCC1. The summed E-state index contributed by atoms with van der Waals surface area (Å²) in [6, 6.07) is 11.4. The Morgan fingerprint density at radius 2 is 1.61 bits per heavy atom. The topological polar surface area (TPSA) is 95.6 Å². The van der Waals surface area contributed by atoms with Crippen molar-refractivity contribution in [1.82, 2.24) is 9.62 Å². The second-order valence-electron chi connectivity index (χ2n) is 8.80. The molecule has 2 N–H and O–H groups in total. The van der Waals surface area contributed by atoms with Crippen LogP contribution >= 0.6 is 0 Å². The zero-order valence-electron chi connectivity index (χ0n) is 18.4. The monoisotopic (exact) mass is 443 g/mol. The minimum Gasteiger partial charge on any atom is -0.347 e. The lowest BCUT2D eigenvalue weighted by atomic mass is 10.1. The molecule has 2 amide bonds. The maximum atomic E-state index is 13.0. The third-order valence-corrected chi connectivity index (χ3v) is 7.08. The average molecular weight is 444 g/mol. The summed E-state index contributed by atoms with van der Waals surface area (Å²) in [5, 5.41) is 5.63. The first kappa shape index (κ1) is 23.0. The summed E-state index contributed by atoms with van der Waals surface area (Å²) in [5.41, 5.74) is 1.08. The number of sulfonamides is 1. The molecule has 1 fully saturated rings. The molecule has 0 saturated carbocycles. The van der Waals surface area contributed by atoms with E-state index in [9.17, 15) is 18.0 Å². The molecule has 0 radical (unpaired) electrons. The van der Waals surface area contributed by atoms with E-state index < -0.39 is 21.5 Å². The number of nitrogens with one attached hydrogen (secondary N) is 2. The van der Waals surface area contributed by atoms with Crippen molar-refractivity contribution in [1.29, 1.82) is 0 Å². The second-order valence-corrected chi connectivity index (χ2v) is 10.7. The highest BCUT2D eigenvalue weighted by Gasteiger charge is 2.29. The number of hydrogen-bond donors (Lipinski definition) is 2. The Bertz CT molecular complexity index is 1100. The fraction of sp³-hybridized carbons (Fsp3) is 0.391. The molecule has 1 heterocycles. The minimum atomic E-state index is -3.65. The van der Waals surface area contributed by atoms with Gasteiger partial charge in [-0.1, -0.05) is 18.2 Å². The van der Waals surface area contributed by atoms with Crippen LogP contribution in [0.15, 0.2) is 47.4 Å². The van der Waals surface area contributed by atoms with E-state index in [4.69, 9.17) is 0 Å². The molecule has 1 saturated heterocycles. The van der Waals surface area contributed by atoms with Gasteiger partial charge < -0.3 is 10.6 Å². The van der Waals surface area contributed by atoms with Crippen LogP contribution in [0.2, 0.25) is 0 Å². The molecule has 2 aromatic carbocycles. The Labute approximate surface area is 183 Å². The Kier molecular flexibility index (Phi) is 6.52. The third kappa shape index (κ3) is 5.32. The predicted octanol–water partition coefficient (Wildman–Crippen LogP) is 3.56. The number of anilines is 1. The first-order valence-corrected chi connectivity index (χ1v) is 11.8. The van der Waals surface area contributed by atoms with Crippen LogP contribution in [0.3, 0.4) is 0 Å². The summed E-state index contributed by atoms with van der Waals surface area (Å²) in [7, 11) is -3.65. The van der Waals surface area contributed by atoms with Crippen LogP contribution in [0.1, 0.15) is 59.9 Å². The van der Waals surface area contributed by atoms with Crippen molar-refractivity contribution >= 4 is 27.5 Å². The van der Waals surface area contributed by atoms with Crippen LogP contribution in [0.4, 0.5) is 5.69 Å². The zero-order valence-corrected chi connectivity index (χ0v) is 19.2. The van der Waals surface area contributed by atoms with E-state index in [1.165, 1.54) is 10.4 Å². The lowest BCUT2D eigenvalue weighted by Crippen LogP contribution is -2.40. The molecule has 2 aromatic rings. The fourth-order valence-electron chi connectivity index (χ4n) is 3.48. The van der Waals surface area contributed by atoms with Crippen LogP contribution < -0.4 is 10.6 Å². The van der Waals surface area contributed by atoms with E-state index in [0.717, 1.165) is 12.8 Å². The lowest BCUT2D eigenvalue weighted by molar-refractivity contribution is 0.0920. The van der Waals surface area contributed by atoms with Crippen molar-refractivity contribution in [2.75, 3.05) is 18.4 Å². The van der Waals surface area contributed by atoms with Crippen molar-refractivity contribution in [3.63, 3.8) is 0 Å². The lowest BCUT2D eigenvalue weighted by Gasteiger charge is -2.21. The van der Waals surface area contributed by atoms with Gasteiger partial charge in [0.2, 0.25) is 10.0 Å². The van der Waals surface area contributed by atoms with Gasteiger partial charge >= 0.3 is 0 Å². The summed E-state index contributed by atoms with van der Waals surface area (Å²) in [5.74, 6) is -0.779. The molecule has 0 spiro atoms. The van der Waals surface area contributed by atoms with Crippen LogP contribution in [-0.4, -0.2) is 43.2 Å². The van der Waals surface area contributed by atoms with Crippen LogP contribution in [0, 0.1) is 6.92 Å². The van der Waals surface area contributed by atoms with Gasteiger partial charge in [-0.3, -0.25) is 9.59 Å². The highest BCUT2D eigenvalue weighted by molar-refractivity contribution is 7.89. The summed E-state index contributed by atoms with van der Waals surface area (Å²) in [6.07, 6.45) is 1.68. The van der Waals surface area contributed by atoms with E-state index in [1.54, 1.807) is 43.3 Å². The van der Waals surface area contributed by atoms with Crippen LogP contribution in [0.25, 0.3) is 0 Å². The maximum Gasteiger partial charge on any atom is 0.255 e. The number of nitrogens with zero attached hydrogens (tertiary/aromatic N) is 1. The van der Waals surface area contributed by atoms with Crippen molar-refractivity contribution in [3.8, 4) is 0 Å². The number of carbonyl (C=O) groups is 2. The molecular weight excluding hydrogens is 414 g/mol. The summed E-state index contributed by atoms with van der Waals surface area (Å²) >= 11 is 0. The highest BCUT2D eigenvalue weighted by Crippen LogP contribution is 2.25. The molecule has 3 rings (SSSR count). The fourth-order valence-corrected chi connectivity index (χ4v) is 5.25. The standard InChI is InChI=1S/C23H29N3O4S/c1-16-11-12-17(15-20(16)31(29,30)26-13-7-8-14-26)21(27)24-19-10-6-5-9-18(19)22(28)25-23(2,3)4/h5-6,9-12,15H,7-8,13-14H2,1-4H3,(H,24,27)(H,25,28). The van der Waals surface area contributed by atoms with Crippen molar-refractivity contribution in [2.24, 2.45) is 0 Å². The molecule has 0 bridgehead atoms. The zero-order chi connectivity index (χ0) is 22.8. The molecule has 1 aliphatic heterocycles. The number of rotatable bonds is 5. The molecular formula is C23H29N3O4S. The van der Waals surface area contributed by atoms with Crippen molar-refractivity contribution in [3.05, 3.63) is 59.2 Å². The Morgan fingerprint density at radius 3 is 2.26 bits per heavy atom. The van der Waals surface area contributed by atoms with E-state index in [0.29, 0.717) is 29.9 Å². The largest absolute Gasteiger partial charge is 0.347 e. The maximum absolute atomic E-state index is 13.0. The Hall–Kier alpha value is -2.71. The quantitative estimate of drug-likeness (QED) is 0.739. The van der Waals surface area contributed by atoms with Gasteiger partial charge in [0.1, 0.15) is 0 Å². The van der Waals surface area contributed by atoms with Gasteiger partial charge in [0.05, 0.1) is 16.1 Å². The number of para-hydroxylation sites is 1. The molecule has 1 aliphatic rings. The summed E-state index contributed by atoms with van der Waals surface area (Å²) < 4.78 is 27.5. The van der Waals surface area contributed by atoms with Gasteiger partial charge in [-0.25, -0.2) is 8.42 Å². The number of amides is 2. The molecule has 0 aromatic heterocycles. The van der Waals surface area contributed by atoms with E-state index in [-0.39, 0.29) is 16.4 Å². The number of aryl methyl sites for hydroxylation is 1. The van der Waals surface area contributed by atoms with Gasteiger partial charge in [-0.2, -0.15) is 4.31 Å². The molecule has 0 unspecified atom stereocenters. The highest BCUT2D eigenvalue weighted by atomic mass is 32.2. The molecule has 7 nitrogen and oxygen atoms in total. The molecule has 166 valence electrons. The van der Waals surface area contributed by atoms with E-state index >= 15 is 0 Å². The average Bonchev–Trinajstić information content (AvgIpc) is 3.23. The van der Waals surface area contributed by atoms with Crippen molar-refractivity contribution in [2.45, 2.75) is 51.0 Å². The summed E-state index contributed by atoms with van der Waals surface area (Å²) in [4.78, 5) is 25.7. The smallest absolute Gasteiger partial charge is 0.255 e. The van der Waals surface area contributed by atoms with Gasteiger partial charge in [-0.05, 0) is 70.4 Å². The minimum absolute atomic E-state index is 0.140. The molecule has 31 heavy (non-hydrogen) atoms. The number of benzene rings is 2. The number of carbonyl (C=O) groups excluding carboxylic acids is 2. The van der Waals surface area contributed by atoms with E-state index in [1.807, 2.05) is 20.8 Å². The predicted molar refractivity (Wildman–Crippen MR) is 121 cm³/mol. The molecule has 0 atom stereocenters. The number of hydrogen-bond acceptors (Lipinski definition) is 4. The van der Waals surface area contributed by atoms with Crippen LogP contribution in [-0.2, 0) is 10.0 Å². The Balaban J connectivity index is 1.88. The van der Waals surface area contributed by atoms with Crippen LogP contribution in [0.5, 0.6) is 0 Å². The summed E-state index contributed by atoms with van der Waals surface area (Å²) in [6.45, 7) is 8.34. The third-order valence-electron chi connectivity index (χ3n) is 5.04. The first-order valence-electron chi connectivity index (χ1n) is 10.3. The Morgan fingerprint density at radius 1 is 0.968 bits per heavy atom. The first-order chi connectivity index (χ1) is 14.5.